The van der Waals surface area contributed by atoms with E-state index in [1.807, 2.05) is 31.2 Å². The molecule has 0 bridgehead atoms. The summed E-state index contributed by atoms with van der Waals surface area (Å²) < 4.78 is 1.59. The summed E-state index contributed by atoms with van der Waals surface area (Å²) in [7, 11) is 0. The van der Waals surface area contributed by atoms with E-state index in [4.69, 9.17) is 0 Å². The molecule has 2 aromatic heterocycles. The molecular formula is C18H12N4O3S. The molecule has 0 aliphatic carbocycles. The Morgan fingerprint density at radius 3 is 2.73 bits per heavy atom. The average molecular weight is 364 g/mol. The van der Waals surface area contributed by atoms with Crippen LogP contribution in [0.3, 0.4) is 0 Å². The van der Waals surface area contributed by atoms with Crippen molar-refractivity contribution in [3.8, 4) is 11.4 Å². The topological polar surface area (TPSA) is 90.4 Å². The fraction of sp³-hybridized carbons (Fsp3) is 0.0556. The SMILES string of the molecule is Cc1cccc(-c2nc3s/c(=C/c4ccccc4[N+](=O)[O-])c(=O)n3n2)c1. The lowest BCUT2D eigenvalue weighted by Gasteiger charge is -1.96. The molecule has 0 saturated heterocycles. The molecule has 7 nitrogen and oxygen atoms in total. The van der Waals surface area contributed by atoms with Gasteiger partial charge >= 0.3 is 0 Å². The summed E-state index contributed by atoms with van der Waals surface area (Å²) in [6.07, 6.45) is 1.51. The van der Waals surface area contributed by atoms with Crippen LogP contribution in [0.5, 0.6) is 0 Å². The van der Waals surface area contributed by atoms with Crippen molar-refractivity contribution in [1.29, 1.82) is 0 Å². The standard InChI is InChI=1S/C18H12N4O3S/c1-11-5-4-7-13(9-11)16-19-18-21(20-16)17(23)15(26-18)10-12-6-2-3-8-14(12)22(24)25/h2-10H,1H3/b15-10+. The van der Waals surface area contributed by atoms with Crippen molar-refractivity contribution in [2.45, 2.75) is 6.92 Å². The highest BCUT2D eigenvalue weighted by atomic mass is 32.1. The van der Waals surface area contributed by atoms with Crippen LogP contribution in [-0.2, 0) is 0 Å². The van der Waals surface area contributed by atoms with Crippen molar-refractivity contribution in [1.82, 2.24) is 14.6 Å². The van der Waals surface area contributed by atoms with Crippen molar-refractivity contribution in [3.05, 3.63) is 84.7 Å². The predicted octanol–water partition coefficient (Wildman–Crippen LogP) is 2.58. The first-order valence-corrected chi connectivity index (χ1v) is 8.56. The Balaban J connectivity index is 1.85. The Morgan fingerprint density at radius 2 is 2.00 bits per heavy atom. The Labute approximate surface area is 151 Å². The van der Waals surface area contributed by atoms with Crippen LogP contribution in [0.2, 0.25) is 0 Å². The van der Waals surface area contributed by atoms with Gasteiger partial charge in [0.05, 0.1) is 15.0 Å². The number of benzene rings is 2. The van der Waals surface area contributed by atoms with Crippen LogP contribution < -0.4 is 10.1 Å². The maximum atomic E-state index is 12.6. The molecule has 0 aliphatic heterocycles. The molecule has 8 heteroatoms. The van der Waals surface area contributed by atoms with Gasteiger partial charge in [0.2, 0.25) is 4.96 Å². The Kier molecular flexibility index (Phi) is 3.81. The van der Waals surface area contributed by atoms with Crippen LogP contribution in [0.1, 0.15) is 11.1 Å². The zero-order valence-electron chi connectivity index (χ0n) is 13.6. The highest BCUT2D eigenvalue weighted by Crippen LogP contribution is 2.19. The van der Waals surface area contributed by atoms with Gasteiger partial charge < -0.3 is 0 Å². The number of hydrogen-bond acceptors (Lipinski definition) is 6. The van der Waals surface area contributed by atoms with E-state index in [-0.39, 0.29) is 11.2 Å². The molecule has 0 N–H and O–H groups in total. The number of aryl methyl sites for hydroxylation is 1. The second-order valence-electron chi connectivity index (χ2n) is 5.73. The minimum atomic E-state index is -0.469. The lowest BCUT2D eigenvalue weighted by Crippen LogP contribution is -2.23. The summed E-state index contributed by atoms with van der Waals surface area (Å²) in [6.45, 7) is 1.97. The first kappa shape index (κ1) is 16.1. The highest BCUT2D eigenvalue weighted by Gasteiger charge is 2.14. The van der Waals surface area contributed by atoms with E-state index in [2.05, 4.69) is 10.1 Å². The Bertz CT molecular complexity index is 1260. The van der Waals surface area contributed by atoms with Crippen molar-refractivity contribution in [2.24, 2.45) is 0 Å². The molecule has 0 amide bonds. The normalized spacial score (nSPS) is 12.0. The molecule has 2 heterocycles. The highest BCUT2D eigenvalue weighted by molar-refractivity contribution is 7.15. The molecule has 4 rings (SSSR count). The van der Waals surface area contributed by atoms with Crippen LogP contribution in [0.15, 0.2) is 53.3 Å². The molecule has 128 valence electrons. The van der Waals surface area contributed by atoms with Gasteiger partial charge in [0.15, 0.2) is 5.82 Å². The third kappa shape index (κ3) is 2.76. The molecule has 0 aliphatic rings. The molecule has 4 aromatic rings. The van der Waals surface area contributed by atoms with E-state index < -0.39 is 4.92 Å². The van der Waals surface area contributed by atoms with Crippen LogP contribution in [0.25, 0.3) is 22.4 Å². The summed E-state index contributed by atoms with van der Waals surface area (Å²) >= 11 is 1.16. The van der Waals surface area contributed by atoms with Crippen molar-refractivity contribution in [3.63, 3.8) is 0 Å². The van der Waals surface area contributed by atoms with Gasteiger partial charge in [-0.05, 0) is 25.1 Å². The minimum absolute atomic E-state index is 0.0497. The average Bonchev–Trinajstić information content (AvgIpc) is 3.15. The van der Waals surface area contributed by atoms with E-state index in [1.54, 1.807) is 18.2 Å². The quantitative estimate of drug-likeness (QED) is 0.412. The molecular weight excluding hydrogens is 352 g/mol. The zero-order chi connectivity index (χ0) is 18.3. The fourth-order valence-electron chi connectivity index (χ4n) is 2.66. The van der Waals surface area contributed by atoms with E-state index >= 15 is 0 Å². The first-order valence-electron chi connectivity index (χ1n) is 7.75. The molecule has 0 saturated carbocycles. The Hall–Kier alpha value is -3.39. The number of thiazole rings is 1. The number of nitro groups is 1. The lowest BCUT2D eigenvalue weighted by atomic mass is 10.1. The van der Waals surface area contributed by atoms with E-state index in [9.17, 15) is 14.9 Å². The van der Waals surface area contributed by atoms with Gasteiger partial charge in [-0.1, -0.05) is 47.2 Å². The molecule has 0 atom stereocenters. The summed E-state index contributed by atoms with van der Waals surface area (Å²) in [4.78, 5) is 28.1. The number of para-hydroxylation sites is 1. The number of hydrogen-bond donors (Lipinski definition) is 0. The van der Waals surface area contributed by atoms with Gasteiger partial charge in [-0.2, -0.15) is 9.50 Å². The molecule has 0 fully saturated rings. The van der Waals surface area contributed by atoms with E-state index in [0.717, 1.165) is 22.5 Å². The van der Waals surface area contributed by atoms with Crippen molar-refractivity contribution >= 4 is 28.1 Å². The number of nitrogens with zero attached hydrogens (tertiary/aromatic N) is 4. The third-order valence-corrected chi connectivity index (χ3v) is 4.84. The van der Waals surface area contributed by atoms with Crippen LogP contribution in [0.4, 0.5) is 5.69 Å². The molecule has 0 spiro atoms. The molecule has 0 radical (unpaired) electrons. The predicted molar refractivity (Wildman–Crippen MR) is 99.2 cm³/mol. The summed E-state index contributed by atoms with van der Waals surface area (Å²) in [5.41, 5.74) is 1.90. The number of rotatable bonds is 3. The number of aromatic nitrogens is 3. The van der Waals surface area contributed by atoms with Crippen LogP contribution >= 0.6 is 11.3 Å². The van der Waals surface area contributed by atoms with Crippen molar-refractivity contribution in [2.75, 3.05) is 0 Å². The van der Waals surface area contributed by atoms with Gasteiger partial charge in [0.1, 0.15) is 0 Å². The smallest absolute Gasteiger partial charge is 0.266 e. The monoisotopic (exact) mass is 364 g/mol. The second-order valence-corrected chi connectivity index (χ2v) is 6.74. The molecule has 0 unspecified atom stereocenters. The van der Waals surface area contributed by atoms with Gasteiger partial charge in [0.25, 0.3) is 11.2 Å². The van der Waals surface area contributed by atoms with Crippen molar-refractivity contribution < 1.29 is 4.92 Å². The van der Waals surface area contributed by atoms with Gasteiger partial charge in [-0.25, -0.2) is 0 Å². The summed E-state index contributed by atoms with van der Waals surface area (Å²) in [5.74, 6) is 0.481. The van der Waals surface area contributed by atoms with Crippen LogP contribution in [0, 0.1) is 17.0 Å². The Morgan fingerprint density at radius 1 is 1.19 bits per heavy atom. The third-order valence-electron chi connectivity index (χ3n) is 3.88. The summed E-state index contributed by atoms with van der Waals surface area (Å²) in [6, 6.07) is 14.0. The van der Waals surface area contributed by atoms with Gasteiger partial charge in [-0.3, -0.25) is 14.9 Å². The second kappa shape index (κ2) is 6.16. The summed E-state index contributed by atoms with van der Waals surface area (Å²) in [5, 5.41) is 15.4. The maximum Gasteiger partial charge on any atom is 0.291 e. The lowest BCUT2D eigenvalue weighted by molar-refractivity contribution is -0.385. The number of fused-ring (bicyclic) bond motifs is 1. The largest absolute Gasteiger partial charge is 0.291 e. The van der Waals surface area contributed by atoms with E-state index in [1.165, 1.54) is 16.7 Å². The fourth-order valence-corrected chi connectivity index (χ4v) is 3.56. The van der Waals surface area contributed by atoms with Gasteiger partial charge in [0, 0.05) is 11.6 Å². The molecule has 2 aromatic carbocycles. The zero-order valence-corrected chi connectivity index (χ0v) is 14.4. The first-order chi connectivity index (χ1) is 12.5. The van der Waals surface area contributed by atoms with Crippen LogP contribution in [-0.4, -0.2) is 19.5 Å². The maximum absolute atomic E-state index is 12.6. The van der Waals surface area contributed by atoms with Gasteiger partial charge in [-0.15, -0.1) is 5.10 Å². The molecule has 26 heavy (non-hydrogen) atoms. The van der Waals surface area contributed by atoms with E-state index in [0.29, 0.717) is 20.9 Å². The minimum Gasteiger partial charge on any atom is -0.266 e. The number of nitro benzene ring substituents is 1.